The third-order valence-corrected chi connectivity index (χ3v) is 8.19. The minimum absolute atomic E-state index is 0.00511. The number of Topliss-reactive ketones (excluding diaryl/α,β-unsaturated/α-hetero) is 2. The smallest absolute Gasteiger partial charge is 0.139 e. The standard InChI is InChI=1S/C19H28O2/c1-18-9-7-13(20)11-12(18)3-4-14-15-5-6-17(21)19(15,2)10-8-16(14)18/h12,14-16H,3-11H2,1-2H3/t12-,14+,15-,16+,18+,19-/m0/s1. The van der Waals surface area contributed by atoms with Crippen LogP contribution in [0.4, 0.5) is 0 Å². The summed E-state index contributed by atoms with van der Waals surface area (Å²) in [5.41, 5.74) is 0.374. The van der Waals surface area contributed by atoms with E-state index < -0.39 is 0 Å². The summed E-state index contributed by atoms with van der Waals surface area (Å²) in [6.45, 7) is 4.72. The molecule has 0 heterocycles. The van der Waals surface area contributed by atoms with Crippen LogP contribution in [0.2, 0.25) is 0 Å². The summed E-state index contributed by atoms with van der Waals surface area (Å²) in [5.74, 6) is 3.82. The van der Waals surface area contributed by atoms with Crippen LogP contribution in [0.15, 0.2) is 0 Å². The Balaban J connectivity index is 1.65. The van der Waals surface area contributed by atoms with Crippen molar-refractivity contribution in [3.8, 4) is 0 Å². The van der Waals surface area contributed by atoms with Gasteiger partial charge in [0, 0.05) is 24.7 Å². The Kier molecular flexibility index (Phi) is 2.94. The maximum absolute atomic E-state index is 12.4. The Morgan fingerprint density at radius 3 is 2.52 bits per heavy atom. The SMILES string of the molecule is C[C@@]12CCC(=O)C[C@@H]1CC[C@H]1[C@H]2CC[C@]2(C)C(=O)CC[C@@H]12. The molecule has 0 aromatic rings. The topological polar surface area (TPSA) is 34.1 Å². The Bertz CT molecular complexity index is 496. The predicted molar refractivity (Wildman–Crippen MR) is 81.7 cm³/mol. The van der Waals surface area contributed by atoms with Gasteiger partial charge in [0.05, 0.1) is 0 Å². The highest BCUT2D eigenvalue weighted by Crippen LogP contribution is 2.65. The molecule has 0 N–H and O–H groups in total. The first-order valence-corrected chi connectivity index (χ1v) is 9.00. The molecular formula is C19H28O2. The summed E-state index contributed by atoms with van der Waals surface area (Å²) >= 11 is 0. The summed E-state index contributed by atoms with van der Waals surface area (Å²) in [5, 5.41) is 0. The molecule has 0 aliphatic heterocycles. The second kappa shape index (κ2) is 4.43. The van der Waals surface area contributed by atoms with Gasteiger partial charge in [0.25, 0.3) is 0 Å². The highest BCUT2D eigenvalue weighted by atomic mass is 16.1. The van der Waals surface area contributed by atoms with Crippen molar-refractivity contribution >= 4 is 11.6 Å². The molecule has 0 unspecified atom stereocenters. The second-order valence-corrected chi connectivity index (χ2v) is 8.82. The summed E-state index contributed by atoms with van der Waals surface area (Å²) in [6.07, 6.45) is 9.53. The zero-order valence-corrected chi connectivity index (χ0v) is 13.5. The van der Waals surface area contributed by atoms with Gasteiger partial charge in [-0.15, -0.1) is 0 Å². The first-order chi connectivity index (χ1) is 9.95. The molecule has 0 bridgehead atoms. The fourth-order valence-corrected chi connectivity index (χ4v) is 6.82. The van der Waals surface area contributed by atoms with Crippen LogP contribution in [0.1, 0.15) is 71.6 Å². The largest absolute Gasteiger partial charge is 0.300 e. The second-order valence-electron chi connectivity index (χ2n) is 8.82. The monoisotopic (exact) mass is 288 g/mol. The molecule has 0 aromatic carbocycles. The first kappa shape index (κ1) is 14.0. The molecule has 4 saturated carbocycles. The Hall–Kier alpha value is -0.660. The fraction of sp³-hybridized carbons (Fsp3) is 0.895. The number of hydrogen-bond acceptors (Lipinski definition) is 2. The maximum atomic E-state index is 12.4. The zero-order chi connectivity index (χ0) is 14.8. The van der Waals surface area contributed by atoms with E-state index in [1.165, 1.54) is 19.3 Å². The molecule has 4 fully saturated rings. The van der Waals surface area contributed by atoms with Crippen LogP contribution in [0, 0.1) is 34.5 Å². The third kappa shape index (κ3) is 1.77. The average molecular weight is 288 g/mol. The lowest BCUT2D eigenvalue weighted by Gasteiger charge is -2.59. The zero-order valence-electron chi connectivity index (χ0n) is 13.5. The van der Waals surface area contributed by atoms with Gasteiger partial charge in [-0.2, -0.15) is 0 Å². The Labute approximate surface area is 128 Å². The van der Waals surface area contributed by atoms with Gasteiger partial charge in [-0.1, -0.05) is 13.8 Å². The van der Waals surface area contributed by atoms with E-state index in [1.54, 1.807) is 0 Å². The Morgan fingerprint density at radius 2 is 1.71 bits per heavy atom. The van der Waals surface area contributed by atoms with Crippen molar-refractivity contribution in [3.63, 3.8) is 0 Å². The number of ketones is 2. The van der Waals surface area contributed by atoms with Crippen molar-refractivity contribution in [1.29, 1.82) is 0 Å². The van der Waals surface area contributed by atoms with E-state index in [2.05, 4.69) is 13.8 Å². The lowest BCUT2D eigenvalue weighted by Crippen LogP contribution is -2.53. The molecule has 4 aliphatic carbocycles. The van der Waals surface area contributed by atoms with E-state index in [-0.39, 0.29) is 5.41 Å². The third-order valence-electron chi connectivity index (χ3n) is 8.19. The van der Waals surface area contributed by atoms with Gasteiger partial charge in [-0.3, -0.25) is 9.59 Å². The van der Waals surface area contributed by atoms with Gasteiger partial charge in [-0.05, 0) is 67.6 Å². The molecule has 116 valence electrons. The number of hydrogen-bond donors (Lipinski definition) is 0. The molecule has 0 radical (unpaired) electrons. The van der Waals surface area contributed by atoms with Crippen LogP contribution in [-0.4, -0.2) is 11.6 Å². The van der Waals surface area contributed by atoms with E-state index in [1.807, 2.05) is 0 Å². The van der Waals surface area contributed by atoms with E-state index in [0.29, 0.717) is 28.8 Å². The quantitative estimate of drug-likeness (QED) is 0.670. The molecule has 0 spiro atoms. The minimum Gasteiger partial charge on any atom is -0.300 e. The van der Waals surface area contributed by atoms with Crippen LogP contribution in [-0.2, 0) is 9.59 Å². The van der Waals surface area contributed by atoms with Crippen LogP contribution in [0.3, 0.4) is 0 Å². The minimum atomic E-state index is -0.00511. The van der Waals surface area contributed by atoms with Crippen LogP contribution < -0.4 is 0 Å². The van der Waals surface area contributed by atoms with E-state index in [9.17, 15) is 9.59 Å². The highest BCUT2D eigenvalue weighted by Gasteiger charge is 2.60. The van der Waals surface area contributed by atoms with Crippen molar-refractivity contribution in [1.82, 2.24) is 0 Å². The number of carbonyl (C=O) groups is 2. The highest BCUT2D eigenvalue weighted by molar-refractivity contribution is 5.87. The molecule has 4 rings (SSSR count). The summed E-state index contributed by atoms with van der Waals surface area (Å²) in [7, 11) is 0. The van der Waals surface area contributed by atoms with Crippen molar-refractivity contribution in [2.24, 2.45) is 34.5 Å². The van der Waals surface area contributed by atoms with Crippen LogP contribution in [0.5, 0.6) is 0 Å². The summed E-state index contributed by atoms with van der Waals surface area (Å²) < 4.78 is 0. The molecule has 2 heteroatoms. The molecule has 0 saturated heterocycles. The molecular weight excluding hydrogens is 260 g/mol. The Morgan fingerprint density at radius 1 is 0.905 bits per heavy atom. The van der Waals surface area contributed by atoms with Crippen molar-refractivity contribution in [3.05, 3.63) is 0 Å². The van der Waals surface area contributed by atoms with Gasteiger partial charge >= 0.3 is 0 Å². The molecule has 21 heavy (non-hydrogen) atoms. The van der Waals surface area contributed by atoms with Gasteiger partial charge in [-0.25, -0.2) is 0 Å². The van der Waals surface area contributed by atoms with Gasteiger partial charge in [0.15, 0.2) is 0 Å². The summed E-state index contributed by atoms with van der Waals surface area (Å²) in [4.78, 5) is 24.2. The normalized spacial score (nSPS) is 53.0. The van der Waals surface area contributed by atoms with Crippen LogP contribution >= 0.6 is 0 Å². The number of fused-ring (bicyclic) bond motifs is 5. The average Bonchev–Trinajstić information content (AvgIpc) is 2.76. The van der Waals surface area contributed by atoms with E-state index in [0.717, 1.165) is 50.4 Å². The number of rotatable bonds is 0. The number of carbonyl (C=O) groups excluding carboxylic acids is 2. The van der Waals surface area contributed by atoms with E-state index >= 15 is 0 Å². The lowest BCUT2D eigenvalue weighted by atomic mass is 9.45. The van der Waals surface area contributed by atoms with Crippen molar-refractivity contribution in [2.75, 3.05) is 0 Å². The lowest BCUT2D eigenvalue weighted by molar-refractivity contribution is -0.144. The van der Waals surface area contributed by atoms with Gasteiger partial charge in [0.1, 0.15) is 11.6 Å². The molecule has 4 aliphatic rings. The molecule has 0 amide bonds. The van der Waals surface area contributed by atoms with Crippen LogP contribution in [0.25, 0.3) is 0 Å². The van der Waals surface area contributed by atoms with Gasteiger partial charge in [0.2, 0.25) is 0 Å². The van der Waals surface area contributed by atoms with Crippen molar-refractivity contribution in [2.45, 2.75) is 71.6 Å². The maximum Gasteiger partial charge on any atom is 0.139 e. The van der Waals surface area contributed by atoms with Gasteiger partial charge < -0.3 is 0 Å². The predicted octanol–water partition coefficient (Wildman–Crippen LogP) is 4.17. The molecule has 2 nitrogen and oxygen atoms in total. The molecule has 0 aromatic heterocycles. The molecule has 6 atom stereocenters. The summed E-state index contributed by atoms with van der Waals surface area (Å²) in [6, 6.07) is 0. The van der Waals surface area contributed by atoms with E-state index in [4.69, 9.17) is 0 Å². The fourth-order valence-electron chi connectivity index (χ4n) is 6.82. The first-order valence-electron chi connectivity index (χ1n) is 9.00. The van der Waals surface area contributed by atoms with Crippen molar-refractivity contribution < 1.29 is 9.59 Å².